The Kier molecular flexibility index (Phi) is 3.08. The van der Waals surface area contributed by atoms with Crippen molar-refractivity contribution in [3.05, 3.63) is 30.1 Å². The van der Waals surface area contributed by atoms with Crippen LogP contribution in [0.5, 0.6) is 0 Å². The summed E-state index contributed by atoms with van der Waals surface area (Å²) in [6.07, 6.45) is 1.57. The molecule has 3 heterocycles. The summed E-state index contributed by atoms with van der Waals surface area (Å²) in [6, 6.07) is 3.56. The minimum Gasteiger partial charge on any atom is -0.461 e. The van der Waals surface area contributed by atoms with Crippen LogP contribution in [-0.2, 0) is 0 Å². The van der Waals surface area contributed by atoms with Gasteiger partial charge in [0.15, 0.2) is 5.76 Å². The van der Waals surface area contributed by atoms with E-state index in [1.54, 1.807) is 18.4 Å². The molecular weight excluding hydrogens is 266 g/mol. The van der Waals surface area contributed by atoms with E-state index in [9.17, 15) is 0 Å². The first-order chi connectivity index (χ1) is 9.22. The van der Waals surface area contributed by atoms with Crippen LogP contribution in [0.15, 0.2) is 32.5 Å². The van der Waals surface area contributed by atoms with E-state index < -0.39 is 0 Å². The van der Waals surface area contributed by atoms with E-state index in [4.69, 9.17) is 8.94 Å². The van der Waals surface area contributed by atoms with Gasteiger partial charge in [-0.05, 0) is 26.0 Å². The summed E-state index contributed by atoms with van der Waals surface area (Å²) >= 11 is 1.45. The molecule has 3 aromatic heterocycles. The highest BCUT2D eigenvalue weighted by Gasteiger charge is 2.19. The molecule has 1 atom stereocenters. The number of furan rings is 1. The second kappa shape index (κ2) is 4.88. The maximum atomic E-state index is 5.22. The van der Waals surface area contributed by atoms with Crippen LogP contribution in [-0.4, -0.2) is 25.3 Å². The van der Waals surface area contributed by atoms with Crippen molar-refractivity contribution in [1.82, 2.24) is 25.3 Å². The van der Waals surface area contributed by atoms with Crippen LogP contribution in [0.25, 0.3) is 11.6 Å². The van der Waals surface area contributed by atoms with Crippen LogP contribution in [0.1, 0.15) is 23.9 Å². The van der Waals surface area contributed by atoms with Gasteiger partial charge >= 0.3 is 0 Å². The number of thioether (sulfide) groups is 1. The number of aromatic nitrogens is 5. The number of hydrogen-bond acceptors (Lipinski definition) is 7. The number of H-pyrrole nitrogens is 1. The predicted molar refractivity (Wildman–Crippen MR) is 67.4 cm³/mol. The molecule has 3 aromatic rings. The fourth-order valence-corrected chi connectivity index (χ4v) is 2.29. The van der Waals surface area contributed by atoms with E-state index in [0.717, 1.165) is 5.82 Å². The molecule has 0 fully saturated rings. The van der Waals surface area contributed by atoms with Crippen LogP contribution < -0.4 is 0 Å². The van der Waals surface area contributed by atoms with Crippen molar-refractivity contribution in [1.29, 1.82) is 0 Å². The summed E-state index contributed by atoms with van der Waals surface area (Å²) in [5.41, 5.74) is 0. The zero-order valence-corrected chi connectivity index (χ0v) is 11.1. The molecule has 0 amide bonds. The molecule has 0 saturated heterocycles. The maximum Gasteiger partial charge on any atom is 0.240 e. The molecule has 3 rings (SSSR count). The molecule has 1 N–H and O–H groups in total. The van der Waals surface area contributed by atoms with E-state index >= 15 is 0 Å². The highest BCUT2D eigenvalue weighted by molar-refractivity contribution is 7.99. The first-order valence-electron chi connectivity index (χ1n) is 5.65. The first-order valence-corrected chi connectivity index (χ1v) is 6.53. The van der Waals surface area contributed by atoms with Crippen LogP contribution in [0.3, 0.4) is 0 Å². The molecule has 19 heavy (non-hydrogen) atoms. The smallest absolute Gasteiger partial charge is 0.240 e. The van der Waals surface area contributed by atoms with Gasteiger partial charge in [0.2, 0.25) is 16.9 Å². The molecule has 0 bridgehead atoms. The van der Waals surface area contributed by atoms with Gasteiger partial charge in [-0.3, -0.25) is 5.10 Å². The molecule has 0 aromatic carbocycles. The van der Waals surface area contributed by atoms with Crippen LogP contribution in [0, 0.1) is 6.92 Å². The van der Waals surface area contributed by atoms with Crippen molar-refractivity contribution in [2.45, 2.75) is 24.3 Å². The Hall–Kier alpha value is -2.09. The van der Waals surface area contributed by atoms with E-state index in [2.05, 4.69) is 25.3 Å². The van der Waals surface area contributed by atoms with Crippen molar-refractivity contribution in [2.75, 3.05) is 0 Å². The van der Waals surface area contributed by atoms with Gasteiger partial charge in [0.25, 0.3) is 0 Å². The fraction of sp³-hybridized carbons (Fsp3) is 0.273. The molecule has 98 valence electrons. The fourth-order valence-electron chi connectivity index (χ4n) is 1.49. The van der Waals surface area contributed by atoms with Gasteiger partial charge < -0.3 is 8.94 Å². The van der Waals surface area contributed by atoms with Crippen molar-refractivity contribution in [2.24, 2.45) is 0 Å². The number of rotatable bonds is 4. The lowest BCUT2D eigenvalue weighted by Gasteiger charge is -2.00. The normalized spacial score (nSPS) is 12.7. The zero-order chi connectivity index (χ0) is 13.2. The Morgan fingerprint density at radius 1 is 1.37 bits per heavy atom. The Morgan fingerprint density at radius 2 is 2.26 bits per heavy atom. The monoisotopic (exact) mass is 277 g/mol. The Labute approximate surface area is 112 Å². The Morgan fingerprint density at radius 3 is 2.95 bits per heavy atom. The Bertz CT molecular complexity index is 660. The van der Waals surface area contributed by atoms with Crippen LogP contribution in [0.2, 0.25) is 0 Å². The Balaban J connectivity index is 1.75. The van der Waals surface area contributed by atoms with Gasteiger partial charge in [-0.15, -0.1) is 5.10 Å². The number of aryl methyl sites for hydroxylation is 1. The molecule has 0 aliphatic carbocycles. The van der Waals surface area contributed by atoms with Gasteiger partial charge in [0.1, 0.15) is 5.82 Å². The topological polar surface area (TPSA) is 93.6 Å². The molecule has 0 saturated carbocycles. The highest BCUT2D eigenvalue weighted by Crippen LogP contribution is 2.32. The summed E-state index contributed by atoms with van der Waals surface area (Å²) in [4.78, 5) is 8.52. The molecular formula is C11H11N5O2S. The minimum absolute atomic E-state index is 0.0357. The molecule has 0 aliphatic heterocycles. The van der Waals surface area contributed by atoms with E-state index in [1.165, 1.54) is 11.8 Å². The second-order valence-electron chi connectivity index (χ2n) is 3.90. The maximum absolute atomic E-state index is 5.22. The van der Waals surface area contributed by atoms with Gasteiger partial charge in [0.05, 0.1) is 11.5 Å². The average molecular weight is 277 g/mol. The average Bonchev–Trinajstić information content (AvgIpc) is 3.08. The number of hydrogen-bond donors (Lipinski definition) is 1. The van der Waals surface area contributed by atoms with Crippen molar-refractivity contribution >= 4 is 11.8 Å². The van der Waals surface area contributed by atoms with Gasteiger partial charge in [-0.1, -0.05) is 16.9 Å². The van der Waals surface area contributed by atoms with Crippen molar-refractivity contribution in [3.8, 4) is 11.6 Å². The summed E-state index contributed by atoms with van der Waals surface area (Å²) in [6.45, 7) is 3.80. The predicted octanol–water partition coefficient (Wildman–Crippen LogP) is 2.61. The van der Waals surface area contributed by atoms with Gasteiger partial charge in [-0.2, -0.15) is 4.98 Å². The lowest BCUT2D eigenvalue weighted by atomic mass is 10.4. The number of aromatic amines is 1. The summed E-state index contributed by atoms with van der Waals surface area (Å²) in [5.74, 6) is 2.31. The summed E-state index contributed by atoms with van der Waals surface area (Å²) in [5, 5.41) is 11.4. The van der Waals surface area contributed by atoms with Gasteiger partial charge in [0, 0.05) is 0 Å². The first kappa shape index (κ1) is 12.0. The minimum atomic E-state index is -0.0357. The molecule has 7 nitrogen and oxygen atoms in total. The lowest BCUT2D eigenvalue weighted by molar-refractivity contribution is 0.379. The molecule has 0 aliphatic rings. The standard InChI is InChI=1S/C11H11N5O2S/c1-6(19-11-12-7(2)14-15-11)10-13-9(16-18-10)8-4-3-5-17-8/h3-6H,1-2H3,(H,12,14,15)/t6-/m0/s1. The third-order valence-corrected chi connectivity index (χ3v) is 3.34. The van der Waals surface area contributed by atoms with E-state index in [0.29, 0.717) is 22.6 Å². The number of nitrogens with one attached hydrogen (secondary N) is 1. The third-order valence-electron chi connectivity index (χ3n) is 2.39. The summed E-state index contributed by atoms with van der Waals surface area (Å²) in [7, 11) is 0. The summed E-state index contributed by atoms with van der Waals surface area (Å²) < 4.78 is 10.4. The number of nitrogens with zero attached hydrogens (tertiary/aromatic N) is 4. The molecule has 8 heteroatoms. The quantitative estimate of drug-likeness (QED) is 0.732. The SMILES string of the molecule is Cc1nc(S[C@@H](C)c2nc(-c3ccco3)no2)n[nH]1. The van der Waals surface area contributed by atoms with Crippen molar-refractivity contribution in [3.63, 3.8) is 0 Å². The zero-order valence-electron chi connectivity index (χ0n) is 10.3. The van der Waals surface area contributed by atoms with Gasteiger partial charge in [-0.25, -0.2) is 4.98 Å². The molecule has 0 unspecified atom stereocenters. The lowest BCUT2D eigenvalue weighted by Crippen LogP contribution is -1.90. The van der Waals surface area contributed by atoms with Crippen LogP contribution >= 0.6 is 11.8 Å². The van der Waals surface area contributed by atoms with E-state index in [-0.39, 0.29) is 5.25 Å². The van der Waals surface area contributed by atoms with Crippen LogP contribution in [0.4, 0.5) is 0 Å². The third kappa shape index (κ3) is 2.53. The van der Waals surface area contributed by atoms with Crippen molar-refractivity contribution < 1.29 is 8.94 Å². The second-order valence-corrected chi connectivity index (χ2v) is 5.20. The van der Waals surface area contributed by atoms with E-state index in [1.807, 2.05) is 13.8 Å². The highest BCUT2D eigenvalue weighted by atomic mass is 32.2. The molecule has 0 spiro atoms. The molecule has 0 radical (unpaired) electrons. The largest absolute Gasteiger partial charge is 0.461 e.